The van der Waals surface area contributed by atoms with Crippen LogP contribution in [-0.4, -0.2) is 43.9 Å². The highest BCUT2D eigenvalue weighted by atomic mass is 32.2. The highest BCUT2D eigenvalue weighted by Gasteiger charge is 2.73. The Hall–Kier alpha value is -2.09. The molecule has 2 bridgehead atoms. The number of rotatable bonds is 3. The number of amides is 2. The van der Waals surface area contributed by atoms with Crippen molar-refractivity contribution in [3.05, 3.63) is 24.3 Å². The highest BCUT2D eigenvalue weighted by molar-refractivity contribution is 7.90. The van der Waals surface area contributed by atoms with Gasteiger partial charge < -0.3 is 4.74 Å². The first-order chi connectivity index (χ1) is 12.4. The van der Waals surface area contributed by atoms with Gasteiger partial charge >= 0.3 is 12.0 Å². The standard InChI is InChI=1S/C19H24N2O5S/c1-17(2,3)26-15(22)19-9-18(10-19,11-19)12-21-16(23)20(4)13-7-5-6-8-14(13)27(21,24)25/h5-8H,9-12H2,1-4H3. The number of esters is 1. The fraction of sp³-hybridized carbons (Fsp3) is 0.579. The van der Waals surface area contributed by atoms with Gasteiger partial charge in [-0.15, -0.1) is 0 Å². The van der Waals surface area contributed by atoms with Crippen molar-refractivity contribution in [3.63, 3.8) is 0 Å². The van der Waals surface area contributed by atoms with E-state index in [0.29, 0.717) is 24.9 Å². The lowest BCUT2D eigenvalue weighted by Gasteiger charge is -2.69. The van der Waals surface area contributed by atoms with Crippen molar-refractivity contribution in [1.82, 2.24) is 4.31 Å². The second-order valence-corrected chi connectivity index (χ2v) is 11.0. The fourth-order valence-electron chi connectivity index (χ4n) is 4.67. The molecule has 0 aromatic heterocycles. The third-order valence-corrected chi connectivity index (χ3v) is 7.51. The van der Waals surface area contributed by atoms with Crippen LogP contribution in [0.2, 0.25) is 0 Å². The molecule has 3 saturated carbocycles. The van der Waals surface area contributed by atoms with Crippen LogP contribution in [0.3, 0.4) is 0 Å². The zero-order valence-electron chi connectivity index (χ0n) is 16.0. The van der Waals surface area contributed by atoms with Gasteiger partial charge in [-0.1, -0.05) is 12.1 Å². The van der Waals surface area contributed by atoms with Crippen molar-refractivity contribution in [3.8, 4) is 0 Å². The summed E-state index contributed by atoms with van der Waals surface area (Å²) in [4.78, 5) is 26.6. The Morgan fingerprint density at radius 2 is 1.78 bits per heavy atom. The molecule has 0 spiro atoms. The third-order valence-electron chi connectivity index (χ3n) is 5.75. The SMILES string of the molecule is CN1C(=O)N(CC23CC(C(=O)OC(C)(C)C)(C2)C3)S(=O)(=O)c2ccccc21. The van der Waals surface area contributed by atoms with E-state index in [1.807, 2.05) is 20.8 Å². The molecule has 0 saturated heterocycles. The Morgan fingerprint density at radius 1 is 1.19 bits per heavy atom. The van der Waals surface area contributed by atoms with Crippen LogP contribution in [0.4, 0.5) is 10.5 Å². The second kappa shape index (κ2) is 5.25. The quantitative estimate of drug-likeness (QED) is 0.739. The van der Waals surface area contributed by atoms with Crippen LogP contribution in [-0.2, 0) is 19.6 Å². The molecule has 0 N–H and O–H groups in total. The Bertz CT molecular complexity index is 927. The van der Waals surface area contributed by atoms with Crippen LogP contribution in [0, 0.1) is 10.8 Å². The first-order valence-electron chi connectivity index (χ1n) is 9.02. The number of hydrogen-bond acceptors (Lipinski definition) is 5. The number of ether oxygens (including phenoxy) is 1. The summed E-state index contributed by atoms with van der Waals surface area (Å²) in [7, 11) is -2.32. The predicted molar refractivity (Wildman–Crippen MR) is 98.7 cm³/mol. The van der Waals surface area contributed by atoms with E-state index >= 15 is 0 Å². The molecule has 2 amide bonds. The van der Waals surface area contributed by atoms with Gasteiger partial charge in [0.15, 0.2) is 0 Å². The minimum atomic E-state index is -3.89. The van der Waals surface area contributed by atoms with Crippen molar-refractivity contribution in [2.75, 3.05) is 18.5 Å². The normalized spacial score (nSPS) is 30.9. The van der Waals surface area contributed by atoms with E-state index in [1.165, 1.54) is 11.0 Å². The molecule has 3 aliphatic carbocycles. The average Bonchev–Trinajstić information content (AvgIpc) is 2.48. The Balaban J connectivity index is 1.53. The molecule has 0 radical (unpaired) electrons. The Kier molecular flexibility index (Phi) is 3.55. The summed E-state index contributed by atoms with van der Waals surface area (Å²) >= 11 is 0. The van der Waals surface area contributed by atoms with E-state index in [9.17, 15) is 18.0 Å². The molecule has 146 valence electrons. The van der Waals surface area contributed by atoms with E-state index in [1.54, 1.807) is 25.2 Å². The van der Waals surface area contributed by atoms with Crippen molar-refractivity contribution in [1.29, 1.82) is 0 Å². The zero-order valence-corrected chi connectivity index (χ0v) is 16.8. The summed E-state index contributed by atoms with van der Waals surface area (Å²) in [6.07, 6.45) is 1.71. The van der Waals surface area contributed by atoms with Crippen LogP contribution in [0.5, 0.6) is 0 Å². The van der Waals surface area contributed by atoms with Crippen LogP contribution in [0.15, 0.2) is 29.2 Å². The molecule has 0 unspecified atom stereocenters. The van der Waals surface area contributed by atoms with Crippen LogP contribution >= 0.6 is 0 Å². The lowest BCUT2D eigenvalue weighted by atomic mass is 9.35. The molecule has 8 heteroatoms. The van der Waals surface area contributed by atoms with E-state index < -0.39 is 27.1 Å². The topological polar surface area (TPSA) is 84.0 Å². The maximum Gasteiger partial charge on any atom is 0.338 e. The van der Waals surface area contributed by atoms with E-state index in [2.05, 4.69) is 0 Å². The Labute approximate surface area is 159 Å². The summed E-state index contributed by atoms with van der Waals surface area (Å²) in [5.74, 6) is -0.216. The summed E-state index contributed by atoms with van der Waals surface area (Å²) in [5, 5.41) is 0. The lowest BCUT2D eigenvalue weighted by molar-refractivity contribution is -0.235. The van der Waals surface area contributed by atoms with Gasteiger partial charge in [-0.05, 0) is 57.6 Å². The fourth-order valence-corrected chi connectivity index (χ4v) is 6.40. The predicted octanol–water partition coefficient (Wildman–Crippen LogP) is 2.76. The van der Waals surface area contributed by atoms with E-state index in [-0.39, 0.29) is 22.8 Å². The van der Waals surface area contributed by atoms with Gasteiger partial charge in [0, 0.05) is 13.6 Å². The third kappa shape index (κ3) is 2.56. The van der Waals surface area contributed by atoms with Crippen LogP contribution < -0.4 is 4.90 Å². The van der Waals surface area contributed by atoms with Gasteiger partial charge in [-0.3, -0.25) is 9.69 Å². The number of fused-ring (bicyclic) bond motifs is 1. The van der Waals surface area contributed by atoms with Crippen molar-refractivity contribution < 1.29 is 22.7 Å². The summed E-state index contributed by atoms with van der Waals surface area (Å²) in [6, 6.07) is 5.95. The maximum absolute atomic E-state index is 13.0. The minimum absolute atomic E-state index is 0.109. The van der Waals surface area contributed by atoms with E-state index in [0.717, 1.165) is 4.31 Å². The minimum Gasteiger partial charge on any atom is -0.460 e. The monoisotopic (exact) mass is 392 g/mol. The average molecular weight is 392 g/mol. The van der Waals surface area contributed by atoms with E-state index in [4.69, 9.17) is 4.74 Å². The summed E-state index contributed by atoms with van der Waals surface area (Å²) < 4.78 is 32.4. The number of hydrogen-bond donors (Lipinski definition) is 0. The Morgan fingerprint density at radius 3 is 2.37 bits per heavy atom. The first-order valence-corrected chi connectivity index (χ1v) is 10.5. The van der Waals surface area contributed by atoms with Gasteiger partial charge in [-0.2, -0.15) is 0 Å². The van der Waals surface area contributed by atoms with Gasteiger partial charge in [-0.25, -0.2) is 17.5 Å². The molecule has 0 atom stereocenters. The molecule has 27 heavy (non-hydrogen) atoms. The molecule has 1 aromatic rings. The van der Waals surface area contributed by atoms with Gasteiger partial charge in [0.25, 0.3) is 10.0 Å². The maximum atomic E-state index is 13.0. The molecule has 1 aliphatic heterocycles. The molecular weight excluding hydrogens is 368 g/mol. The number of benzene rings is 1. The second-order valence-electron chi connectivity index (χ2n) is 9.13. The largest absolute Gasteiger partial charge is 0.460 e. The molecule has 7 nitrogen and oxygen atoms in total. The molecule has 1 heterocycles. The summed E-state index contributed by atoms with van der Waals surface area (Å²) in [5.41, 5.74) is -0.966. The number of carbonyl (C=O) groups excluding carboxylic acids is 2. The molecular formula is C19H24N2O5S. The number of anilines is 1. The van der Waals surface area contributed by atoms with Gasteiger partial charge in [0.2, 0.25) is 0 Å². The van der Waals surface area contributed by atoms with Crippen LogP contribution in [0.25, 0.3) is 0 Å². The first kappa shape index (κ1) is 18.3. The molecule has 5 rings (SSSR count). The van der Waals surface area contributed by atoms with Crippen molar-refractivity contribution in [2.24, 2.45) is 10.8 Å². The highest BCUT2D eigenvalue weighted by Crippen LogP contribution is 2.74. The smallest absolute Gasteiger partial charge is 0.338 e. The number of carbonyl (C=O) groups is 2. The number of para-hydroxylation sites is 1. The molecule has 3 fully saturated rings. The number of urea groups is 1. The van der Waals surface area contributed by atoms with Gasteiger partial charge in [0.1, 0.15) is 10.5 Å². The number of nitrogens with zero attached hydrogens (tertiary/aromatic N) is 2. The van der Waals surface area contributed by atoms with Gasteiger partial charge in [0.05, 0.1) is 11.1 Å². The zero-order chi connectivity index (χ0) is 19.8. The summed E-state index contributed by atoms with van der Waals surface area (Å²) in [6.45, 7) is 5.60. The van der Waals surface area contributed by atoms with Crippen LogP contribution in [0.1, 0.15) is 40.0 Å². The molecule has 1 aromatic carbocycles. The lowest BCUT2D eigenvalue weighted by Crippen LogP contribution is -2.70. The number of sulfonamides is 1. The molecule has 4 aliphatic rings. The van der Waals surface area contributed by atoms with Crippen molar-refractivity contribution in [2.45, 2.75) is 50.5 Å². The van der Waals surface area contributed by atoms with Crippen molar-refractivity contribution >= 4 is 27.7 Å².